The second-order valence-corrected chi connectivity index (χ2v) is 7.51. The molecule has 6 heteroatoms. The van der Waals surface area contributed by atoms with E-state index in [4.69, 9.17) is 4.74 Å². The highest BCUT2D eigenvalue weighted by atomic mass is 79.9. The lowest BCUT2D eigenvalue weighted by Gasteiger charge is -2.24. The molecule has 1 aliphatic heterocycles. The molecule has 1 saturated heterocycles. The molecule has 1 aromatic heterocycles. The molecule has 1 atom stereocenters. The molecule has 0 saturated carbocycles. The van der Waals surface area contributed by atoms with E-state index in [9.17, 15) is 4.79 Å². The Bertz CT molecular complexity index is 499. The molecular formula is C16H24BrN3O2. The van der Waals surface area contributed by atoms with E-state index in [1.54, 1.807) is 4.90 Å². The third kappa shape index (κ3) is 5.57. The second kappa shape index (κ2) is 7.42. The van der Waals surface area contributed by atoms with Crippen LogP contribution in [0.2, 0.25) is 0 Å². The Balaban J connectivity index is 1.70. The maximum absolute atomic E-state index is 12.0. The summed E-state index contributed by atoms with van der Waals surface area (Å²) in [5, 5.41) is 3.44. The standard InChI is InChI=1S/C16H24BrN3O2/c1-16(2,3)22-15(21)20-7-6-13(11-20)9-18-8-12-4-5-14(17)19-10-12/h4-5,10,13,18H,6-9,11H2,1-3H3/t13-/m1/s1. The number of likely N-dealkylation sites (tertiary alicyclic amines) is 1. The van der Waals surface area contributed by atoms with E-state index in [2.05, 4.69) is 26.2 Å². The zero-order chi connectivity index (χ0) is 16.2. The van der Waals surface area contributed by atoms with Crippen molar-refractivity contribution in [3.63, 3.8) is 0 Å². The zero-order valence-electron chi connectivity index (χ0n) is 13.4. The summed E-state index contributed by atoms with van der Waals surface area (Å²) in [4.78, 5) is 18.0. The van der Waals surface area contributed by atoms with Crippen LogP contribution in [0.3, 0.4) is 0 Å². The van der Waals surface area contributed by atoms with E-state index >= 15 is 0 Å². The quantitative estimate of drug-likeness (QED) is 0.828. The van der Waals surface area contributed by atoms with Gasteiger partial charge in [0.25, 0.3) is 0 Å². The Morgan fingerprint density at radius 1 is 1.50 bits per heavy atom. The number of nitrogens with one attached hydrogen (secondary N) is 1. The normalized spacial score (nSPS) is 18.5. The van der Waals surface area contributed by atoms with E-state index < -0.39 is 5.60 Å². The molecule has 2 heterocycles. The largest absolute Gasteiger partial charge is 0.444 e. The minimum absolute atomic E-state index is 0.202. The molecular weight excluding hydrogens is 346 g/mol. The molecule has 0 spiro atoms. The number of pyridine rings is 1. The minimum Gasteiger partial charge on any atom is -0.444 e. The van der Waals surface area contributed by atoms with Crippen molar-refractivity contribution in [2.75, 3.05) is 19.6 Å². The number of nitrogens with zero attached hydrogens (tertiary/aromatic N) is 2. The fourth-order valence-corrected chi connectivity index (χ4v) is 2.66. The maximum Gasteiger partial charge on any atom is 0.410 e. The van der Waals surface area contributed by atoms with Crippen LogP contribution in [-0.2, 0) is 11.3 Å². The number of carbonyl (C=O) groups excluding carboxylic acids is 1. The monoisotopic (exact) mass is 369 g/mol. The second-order valence-electron chi connectivity index (χ2n) is 6.70. The smallest absolute Gasteiger partial charge is 0.410 e. The van der Waals surface area contributed by atoms with Gasteiger partial charge in [-0.15, -0.1) is 0 Å². The molecule has 0 radical (unpaired) electrons. The summed E-state index contributed by atoms with van der Waals surface area (Å²) in [5.41, 5.74) is 0.729. The van der Waals surface area contributed by atoms with Gasteiger partial charge in [0.05, 0.1) is 0 Å². The van der Waals surface area contributed by atoms with Gasteiger partial charge in [0.15, 0.2) is 0 Å². The zero-order valence-corrected chi connectivity index (χ0v) is 15.0. The van der Waals surface area contributed by atoms with Crippen LogP contribution in [0.1, 0.15) is 32.8 Å². The lowest BCUT2D eigenvalue weighted by Crippen LogP contribution is -2.36. The van der Waals surface area contributed by atoms with Crippen LogP contribution in [0.25, 0.3) is 0 Å². The maximum atomic E-state index is 12.0. The van der Waals surface area contributed by atoms with Crippen LogP contribution in [0.4, 0.5) is 4.79 Å². The lowest BCUT2D eigenvalue weighted by molar-refractivity contribution is 0.0288. The van der Waals surface area contributed by atoms with Gasteiger partial charge in [-0.05, 0) is 60.7 Å². The summed E-state index contributed by atoms with van der Waals surface area (Å²) in [5.74, 6) is 0.482. The first kappa shape index (κ1) is 17.2. The van der Waals surface area contributed by atoms with Crippen LogP contribution < -0.4 is 5.32 Å². The number of hydrogen-bond donors (Lipinski definition) is 1. The van der Waals surface area contributed by atoms with Gasteiger partial charge in [-0.2, -0.15) is 0 Å². The molecule has 5 nitrogen and oxygen atoms in total. The fourth-order valence-electron chi connectivity index (χ4n) is 2.42. The average Bonchev–Trinajstić information content (AvgIpc) is 2.88. The van der Waals surface area contributed by atoms with E-state index in [1.165, 1.54) is 0 Å². The summed E-state index contributed by atoms with van der Waals surface area (Å²) in [6, 6.07) is 3.99. The summed E-state index contributed by atoms with van der Waals surface area (Å²) in [6.07, 6.45) is 2.68. The minimum atomic E-state index is -0.429. The topological polar surface area (TPSA) is 54.5 Å². The van der Waals surface area contributed by atoms with Crippen molar-refractivity contribution in [3.8, 4) is 0 Å². The number of hydrogen-bond acceptors (Lipinski definition) is 4. The van der Waals surface area contributed by atoms with Gasteiger partial charge in [0.1, 0.15) is 10.2 Å². The molecule has 22 heavy (non-hydrogen) atoms. The van der Waals surface area contributed by atoms with Crippen molar-refractivity contribution in [1.29, 1.82) is 0 Å². The number of rotatable bonds is 4. The Morgan fingerprint density at radius 3 is 2.91 bits per heavy atom. The number of aromatic nitrogens is 1. The molecule has 1 amide bonds. The highest BCUT2D eigenvalue weighted by Gasteiger charge is 2.29. The lowest BCUT2D eigenvalue weighted by atomic mass is 10.1. The summed E-state index contributed by atoms with van der Waals surface area (Å²) >= 11 is 3.33. The van der Waals surface area contributed by atoms with E-state index in [0.29, 0.717) is 5.92 Å². The number of halogens is 1. The van der Waals surface area contributed by atoms with E-state index in [1.807, 2.05) is 39.1 Å². The Kier molecular flexibility index (Phi) is 5.81. The van der Waals surface area contributed by atoms with E-state index in [0.717, 1.165) is 42.8 Å². The third-order valence-electron chi connectivity index (χ3n) is 3.49. The number of carbonyl (C=O) groups is 1. The molecule has 0 aliphatic carbocycles. The van der Waals surface area contributed by atoms with Gasteiger partial charge in [-0.3, -0.25) is 0 Å². The molecule has 1 aromatic rings. The highest BCUT2D eigenvalue weighted by molar-refractivity contribution is 9.10. The van der Waals surface area contributed by atoms with Gasteiger partial charge in [-0.25, -0.2) is 9.78 Å². The molecule has 2 rings (SSSR count). The molecule has 1 N–H and O–H groups in total. The summed E-state index contributed by atoms with van der Waals surface area (Å²) < 4.78 is 6.26. The average molecular weight is 370 g/mol. The molecule has 0 aromatic carbocycles. The van der Waals surface area contributed by atoms with Crippen molar-refractivity contribution in [2.24, 2.45) is 5.92 Å². The predicted octanol–water partition coefficient (Wildman–Crippen LogP) is 3.19. The number of amides is 1. The SMILES string of the molecule is CC(C)(C)OC(=O)N1CC[C@H](CNCc2ccc(Br)nc2)C1. The number of ether oxygens (including phenoxy) is 1. The Hall–Kier alpha value is -1.14. The third-order valence-corrected chi connectivity index (χ3v) is 3.96. The van der Waals surface area contributed by atoms with Crippen LogP contribution in [-0.4, -0.2) is 41.2 Å². The van der Waals surface area contributed by atoms with Crippen molar-refractivity contribution in [1.82, 2.24) is 15.2 Å². The molecule has 1 fully saturated rings. The van der Waals surface area contributed by atoms with Gasteiger partial charge < -0.3 is 15.0 Å². The van der Waals surface area contributed by atoms with Crippen molar-refractivity contribution >= 4 is 22.0 Å². The molecule has 122 valence electrons. The summed E-state index contributed by atoms with van der Waals surface area (Å²) in [6.45, 7) is 8.92. The van der Waals surface area contributed by atoms with Gasteiger partial charge in [-0.1, -0.05) is 6.07 Å². The van der Waals surface area contributed by atoms with Gasteiger partial charge >= 0.3 is 6.09 Å². The molecule has 0 bridgehead atoms. The fraction of sp³-hybridized carbons (Fsp3) is 0.625. The Labute approximate surface area is 140 Å². The van der Waals surface area contributed by atoms with Crippen molar-refractivity contribution < 1.29 is 9.53 Å². The first-order valence-electron chi connectivity index (χ1n) is 7.62. The summed E-state index contributed by atoms with van der Waals surface area (Å²) in [7, 11) is 0. The Morgan fingerprint density at radius 2 is 2.27 bits per heavy atom. The van der Waals surface area contributed by atoms with Crippen LogP contribution in [0, 0.1) is 5.92 Å². The first-order valence-corrected chi connectivity index (χ1v) is 8.42. The van der Waals surface area contributed by atoms with Gasteiger partial charge in [0, 0.05) is 32.4 Å². The van der Waals surface area contributed by atoms with Crippen LogP contribution in [0.5, 0.6) is 0 Å². The van der Waals surface area contributed by atoms with Crippen molar-refractivity contribution in [3.05, 3.63) is 28.5 Å². The predicted molar refractivity (Wildman–Crippen MR) is 89.6 cm³/mol. The first-order chi connectivity index (χ1) is 10.3. The molecule has 0 unspecified atom stereocenters. The molecule has 1 aliphatic rings. The van der Waals surface area contributed by atoms with Gasteiger partial charge in [0.2, 0.25) is 0 Å². The van der Waals surface area contributed by atoms with Crippen molar-refractivity contribution in [2.45, 2.75) is 39.3 Å². The van der Waals surface area contributed by atoms with E-state index in [-0.39, 0.29) is 6.09 Å². The van der Waals surface area contributed by atoms with Crippen LogP contribution >= 0.6 is 15.9 Å². The highest BCUT2D eigenvalue weighted by Crippen LogP contribution is 2.19. The van der Waals surface area contributed by atoms with Crippen LogP contribution in [0.15, 0.2) is 22.9 Å².